The van der Waals surface area contributed by atoms with Gasteiger partial charge in [0.05, 0.1) is 4.90 Å². The molecule has 0 radical (unpaired) electrons. The minimum Gasteiger partial charge on any atom is -0.270 e. The number of benzene rings is 1. The first kappa shape index (κ1) is 12.7. The summed E-state index contributed by atoms with van der Waals surface area (Å²) in [6, 6.07) is 7.15. The number of sulfonamides is 1. The second kappa shape index (κ2) is 4.67. The van der Waals surface area contributed by atoms with Crippen LogP contribution in [0.25, 0.3) is 0 Å². The van der Waals surface area contributed by atoms with Gasteiger partial charge in [-0.1, -0.05) is 17.7 Å². The van der Waals surface area contributed by atoms with E-state index >= 15 is 0 Å². The summed E-state index contributed by atoms with van der Waals surface area (Å²) in [6.45, 7) is 2.59. The minimum absolute atomic E-state index is 0.414. The van der Waals surface area contributed by atoms with Crippen LogP contribution in [-0.4, -0.2) is 19.3 Å². The summed E-state index contributed by atoms with van der Waals surface area (Å²) in [5.74, 6) is 0. The molecular formula is C15H19NO2S. The molecule has 0 fully saturated rings. The van der Waals surface area contributed by atoms with Gasteiger partial charge in [-0.2, -0.15) is 0 Å². The lowest BCUT2D eigenvalue weighted by Gasteiger charge is -2.24. The van der Waals surface area contributed by atoms with Crippen LogP contribution in [0.5, 0.6) is 0 Å². The zero-order chi connectivity index (χ0) is 13.5. The van der Waals surface area contributed by atoms with E-state index in [4.69, 9.17) is 0 Å². The predicted octanol–water partition coefficient (Wildman–Crippen LogP) is 3.22. The van der Waals surface area contributed by atoms with Crippen molar-refractivity contribution in [3.05, 3.63) is 41.1 Å². The van der Waals surface area contributed by atoms with Crippen molar-refractivity contribution >= 4 is 10.0 Å². The van der Waals surface area contributed by atoms with Crippen molar-refractivity contribution in [2.45, 2.75) is 43.9 Å². The molecule has 102 valence electrons. The molecule has 1 aliphatic carbocycles. The lowest BCUT2D eigenvalue weighted by Crippen LogP contribution is -2.28. The molecule has 0 unspecified atom stereocenters. The first-order chi connectivity index (χ1) is 9.09. The van der Waals surface area contributed by atoms with E-state index in [1.54, 1.807) is 16.4 Å². The second-order valence-corrected chi connectivity index (χ2v) is 7.26. The monoisotopic (exact) mass is 277 g/mol. The number of hydrogen-bond donors (Lipinski definition) is 0. The van der Waals surface area contributed by atoms with Crippen LogP contribution in [0.1, 0.15) is 37.7 Å². The largest absolute Gasteiger partial charge is 0.270 e. The van der Waals surface area contributed by atoms with Crippen molar-refractivity contribution in [2.75, 3.05) is 6.54 Å². The molecule has 0 aromatic heterocycles. The molecule has 1 heterocycles. The smallest absolute Gasteiger partial charge is 0.264 e. The van der Waals surface area contributed by atoms with E-state index in [-0.39, 0.29) is 0 Å². The molecule has 2 aliphatic rings. The van der Waals surface area contributed by atoms with Crippen LogP contribution in [0, 0.1) is 6.92 Å². The SMILES string of the molecule is Cc1ccc(S(=O)(=O)N2CCC3=C2CCCC3)cc1. The van der Waals surface area contributed by atoms with Gasteiger partial charge in [0.15, 0.2) is 0 Å². The molecule has 1 aromatic carbocycles. The van der Waals surface area contributed by atoms with Crippen LogP contribution < -0.4 is 0 Å². The average Bonchev–Trinajstić information content (AvgIpc) is 2.83. The van der Waals surface area contributed by atoms with Gasteiger partial charge in [0.1, 0.15) is 0 Å². The quantitative estimate of drug-likeness (QED) is 0.832. The number of allylic oxidation sites excluding steroid dienone is 1. The molecule has 3 nitrogen and oxygen atoms in total. The first-order valence-corrected chi connectivity index (χ1v) is 8.33. The Morgan fingerprint density at radius 1 is 1.00 bits per heavy atom. The van der Waals surface area contributed by atoms with E-state index in [9.17, 15) is 8.42 Å². The van der Waals surface area contributed by atoms with Crippen molar-refractivity contribution in [2.24, 2.45) is 0 Å². The fraction of sp³-hybridized carbons (Fsp3) is 0.467. The molecule has 19 heavy (non-hydrogen) atoms. The molecule has 0 amide bonds. The Labute approximate surface area is 115 Å². The summed E-state index contributed by atoms with van der Waals surface area (Å²) in [5, 5.41) is 0. The third-order valence-corrected chi connectivity index (χ3v) is 5.93. The maximum Gasteiger partial charge on any atom is 0.264 e. The zero-order valence-corrected chi connectivity index (χ0v) is 12.0. The van der Waals surface area contributed by atoms with Crippen molar-refractivity contribution in [1.82, 2.24) is 4.31 Å². The van der Waals surface area contributed by atoms with Gasteiger partial charge in [0, 0.05) is 12.2 Å². The zero-order valence-electron chi connectivity index (χ0n) is 11.2. The highest BCUT2D eigenvalue weighted by Gasteiger charge is 2.33. The predicted molar refractivity (Wildman–Crippen MR) is 75.2 cm³/mol. The molecule has 0 spiro atoms. The number of nitrogens with zero attached hydrogens (tertiary/aromatic N) is 1. The standard InChI is InChI=1S/C15H19NO2S/c1-12-6-8-14(9-7-12)19(17,18)16-11-10-13-4-2-3-5-15(13)16/h6-9H,2-5,10-11H2,1H3. The van der Waals surface area contributed by atoms with Crippen LogP contribution in [-0.2, 0) is 10.0 Å². The van der Waals surface area contributed by atoms with E-state index in [1.807, 2.05) is 19.1 Å². The van der Waals surface area contributed by atoms with Crippen molar-refractivity contribution in [1.29, 1.82) is 0 Å². The van der Waals surface area contributed by atoms with Crippen molar-refractivity contribution in [3.63, 3.8) is 0 Å². The van der Waals surface area contributed by atoms with Gasteiger partial charge in [-0.3, -0.25) is 4.31 Å². The third kappa shape index (κ3) is 2.18. The molecule has 1 aromatic rings. The van der Waals surface area contributed by atoms with E-state index in [0.717, 1.165) is 36.9 Å². The van der Waals surface area contributed by atoms with Gasteiger partial charge in [-0.15, -0.1) is 0 Å². The highest BCUT2D eigenvalue weighted by molar-refractivity contribution is 7.89. The summed E-state index contributed by atoms with van der Waals surface area (Å²) in [6.07, 6.45) is 5.23. The first-order valence-electron chi connectivity index (χ1n) is 6.89. The fourth-order valence-electron chi connectivity index (χ4n) is 3.00. The summed E-state index contributed by atoms with van der Waals surface area (Å²) >= 11 is 0. The summed E-state index contributed by atoms with van der Waals surface area (Å²) in [5.41, 5.74) is 3.52. The minimum atomic E-state index is -3.35. The average molecular weight is 277 g/mol. The van der Waals surface area contributed by atoms with E-state index in [2.05, 4.69) is 0 Å². The molecule has 0 atom stereocenters. The molecular weight excluding hydrogens is 258 g/mol. The van der Waals surface area contributed by atoms with Gasteiger partial charge in [0.25, 0.3) is 10.0 Å². The maximum atomic E-state index is 12.7. The third-order valence-electron chi connectivity index (χ3n) is 4.08. The fourth-order valence-corrected chi connectivity index (χ4v) is 4.57. The van der Waals surface area contributed by atoms with E-state index < -0.39 is 10.0 Å². The molecule has 0 N–H and O–H groups in total. The molecule has 1 aliphatic heterocycles. The van der Waals surface area contributed by atoms with Gasteiger partial charge < -0.3 is 0 Å². The molecule has 0 saturated heterocycles. The van der Waals surface area contributed by atoms with Crippen LogP contribution in [0.15, 0.2) is 40.4 Å². The number of aryl methyl sites for hydroxylation is 1. The Morgan fingerprint density at radius 2 is 1.68 bits per heavy atom. The maximum absolute atomic E-state index is 12.7. The van der Waals surface area contributed by atoms with Crippen molar-refractivity contribution < 1.29 is 8.42 Å². The highest BCUT2D eigenvalue weighted by atomic mass is 32.2. The van der Waals surface area contributed by atoms with Crippen molar-refractivity contribution in [3.8, 4) is 0 Å². The summed E-state index contributed by atoms with van der Waals surface area (Å²) in [4.78, 5) is 0.414. The van der Waals surface area contributed by atoms with Crippen LogP contribution >= 0.6 is 0 Å². The van der Waals surface area contributed by atoms with Crippen LogP contribution in [0.4, 0.5) is 0 Å². The molecule has 0 bridgehead atoms. The topological polar surface area (TPSA) is 37.4 Å². The van der Waals surface area contributed by atoms with E-state index in [1.165, 1.54) is 12.0 Å². The summed E-state index contributed by atoms with van der Waals surface area (Å²) < 4.78 is 27.0. The Hall–Kier alpha value is -1.29. The number of rotatable bonds is 2. The Morgan fingerprint density at radius 3 is 2.42 bits per heavy atom. The summed E-state index contributed by atoms with van der Waals surface area (Å²) in [7, 11) is -3.35. The number of hydrogen-bond acceptors (Lipinski definition) is 2. The normalized spacial score (nSPS) is 19.7. The van der Waals surface area contributed by atoms with Gasteiger partial charge >= 0.3 is 0 Å². The van der Waals surface area contributed by atoms with E-state index in [0.29, 0.717) is 11.4 Å². The van der Waals surface area contributed by atoms with Gasteiger partial charge in [-0.25, -0.2) is 8.42 Å². The van der Waals surface area contributed by atoms with Gasteiger partial charge in [0.2, 0.25) is 0 Å². The lowest BCUT2D eigenvalue weighted by molar-refractivity contribution is 0.482. The lowest BCUT2D eigenvalue weighted by atomic mass is 9.97. The highest BCUT2D eigenvalue weighted by Crippen LogP contribution is 2.37. The van der Waals surface area contributed by atoms with Crippen LogP contribution in [0.2, 0.25) is 0 Å². The Kier molecular flexibility index (Phi) is 3.13. The Balaban J connectivity index is 1.97. The molecule has 4 heteroatoms. The van der Waals surface area contributed by atoms with Crippen LogP contribution in [0.3, 0.4) is 0 Å². The molecule has 3 rings (SSSR count). The Bertz CT molecular complexity index is 614. The molecule has 0 saturated carbocycles. The second-order valence-electron chi connectivity index (χ2n) is 5.40. The van der Waals surface area contributed by atoms with Gasteiger partial charge in [-0.05, 0) is 56.7 Å².